The molecule has 1 heterocycles. The molecule has 20 heavy (non-hydrogen) atoms. The monoisotopic (exact) mass is 267 g/mol. The molecular weight excluding hydrogens is 250 g/mol. The fraction of sp³-hybridized carbons (Fsp3) is 0.235. The minimum Gasteiger partial charge on any atom is -0.493 e. The number of nitrogens with one attached hydrogen (secondary N) is 1. The number of ether oxygens (including phenoxy) is 1. The van der Waals surface area contributed by atoms with Gasteiger partial charge in [-0.3, -0.25) is 4.79 Å². The Kier molecular flexibility index (Phi) is 3.68. The minimum absolute atomic E-state index is 0.0779. The Bertz CT molecular complexity index is 725. The summed E-state index contributed by atoms with van der Waals surface area (Å²) in [5.41, 5.74) is 1.25. The van der Waals surface area contributed by atoms with Gasteiger partial charge in [-0.15, -0.1) is 0 Å². The summed E-state index contributed by atoms with van der Waals surface area (Å²) in [4.78, 5) is 14.4. The second-order valence-electron chi connectivity index (χ2n) is 4.88. The lowest BCUT2D eigenvalue weighted by atomic mass is 10.1. The summed E-state index contributed by atoms with van der Waals surface area (Å²) < 4.78 is 5.85. The van der Waals surface area contributed by atoms with Crippen molar-refractivity contribution >= 4 is 10.8 Å². The maximum Gasteiger partial charge on any atom is 0.255 e. The maximum atomic E-state index is 11.7. The maximum absolute atomic E-state index is 11.7. The average Bonchev–Trinajstić information content (AvgIpc) is 2.49. The van der Waals surface area contributed by atoms with Crippen molar-refractivity contribution in [3.05, 3.63) is 64.6 Å². The van der Waals surface area contributed by atoms with Crippen LogP contribution in [-0.2, 0) is 0 Å². The summed E-state index contributed by atoms with van der Waals surface area (Å²) in [6.45, 7) is 0.627. The Hall–Kier alpha value is -2.29. The third-order valence-corrected chi connectivity index (χ3v) is 3.50. The van der Waals surface area contributed by atoms with Crippen LogP contribution in [0, 0.1) is 0 Å². The van der Waals surface area contributed by atoms with E-state index in [1.807, 2.05) is 24.3 Å². The molecule has 3 heteroatoms. The van der Waals surface area contributed by atoms with E-state index in [-0.39, 0.29) is 5.56 Å². The van der Waals surface area contributed by atoms with Crippen molar-refractivity contribution in [1.82, 2.24) is 4.98 Å². The normalized spacial score (nSPS) is 14.3. The smallest absolute Gasteiger partial charge is 0.255 e. The predicted molar refractivity (Wildman–Crippen MR) is 81.1 cm³/mol. The van der Waals surface area contributed by atoms with E-state index in [2.05, 4.69) is 23.2 Å². The van der Waals surface area contributed by atoms with Crippen LogP contribution in [0.5, 0.6) is 5.75 Å². The topological polar surface area (TPSA) is 42.1 Å². The van der Waals surface area contributed by atoms with Gasteiger partial charge >= 0.3 is 0 Å². The van der Waals surface area contributed by atoms with Gasteiger partial charge in [0.05, 0.1) is 12.0 Å². The first-order chi connectivity index (χ1) is 9.84. The molecular formula is C17H17NO2. The van der Waals surface area contributed by atoms with Gasteiger partial charge in [-0.2, -0.15) is 0 Å². The number of H-pyrrole nitrogens is 1. The van der Waals surface area contributed by atoms with Gasteiger partial charge in [0.2, 0.25) is 0 Å². The predicted octanol–water partition coefficient (Wildman–Crippen LogP) is 3.57. The molecule has 0 radical (unpaired) electrons. The van der Waals surface area contributed by atoms with Crippen LogP contribution < -0.4 is 10.3 Å². The first-order valence-electron chi connectivity index (χ1n) is 6.93. The minimum atomic E-state index is -0.0779. The molecule has 1 N–H and O–H groups in total. The lowest BCUT2D eigenvalue weighted by Gasteiger charge is -2.10. The summed E-state index contributed by atoms with van der Waals surface area (Å²) in [5.74, 6) is 0.772. The van der Waals surface area contributed by atoms with Crippen LogP contribution in [0.1, 0.15) is 19.3 Å². The van der Waals surface area contributed by atoms with Gasteiger partial charge in [-0.1, -0.05) is 24.3 Å². The molecule has 102 valence electrons. The Morgan fingerprint density at radius 3 is 2.95 bits per heavy atom. The number of allylic oxidation sites excluding steroid dienone is 3. The summed E-state index contributed by atoms with van der Waals surface area (Å²) in [7, 11) is 0. The molecule has 1 aliphatic carbocycles. The highest BCUT2D eigenvalue weighted by Gasteiger charge is 2.05. The van der Waals surface area contributed by atoms with E-state index in [1.54, 1.807) is 6.20 Å². The molecule has 0 bridgehead atoms. The molecule has 0 fully saturated rings. The van der Waals surface area contributed by atoms with E-state index in [9.17, 15) is 4.79 Å². The van der Waals surface area contributed by atoms with Crippen molar-refractivity contribution in [1.29, 1.82) is 0 Å². The number of hydrogen-bond acceptors (Lipinski definition) is 2. The Balaban J connectivity index is 1.75. The van der Waals surface area contributed by atoms with E-state index >= 15 is 0 Å². The van der Waals surface area contributed by atoms with Crippen LogP contribution in [0.4, 0.5) is 0 Å². The van der Waals surface area contributed by atoms with E-state index in [1.165, 1.54) is 5.57 Å². The Morgan fingerprint density at radius 2 is 2.10 bits per heavy atom. The molecule has 1 aromatic heterocycles. The van der Waals surface area contributed by atoms with Gasteiger partial charge in [-0.05, 0) is 36.6 Å². The van der Waals surface area contributed by atoms with E-state index < -0.39 is 0 Å². The number of aromatic amines is 1. The van der Waals surface area contributed by atoms with Gasteiger partial charge < -0.3 is 9.72 Å². The van der Waals surface area contributed by atoms with Crippen LogP contribution >= 0.6 is 0 Å². The largest absolute Gasteiger partial charge is 0.493 e. The number of aromatic nitrogens is 1. The zero-order valence-electron chi connectivity index (χ0n) is 11.3. The van der Waals surface area contributed by atoms with E-state index in [4.69, 9.17) is 4.74 Å². The van der Waals surface area contributed by atoms with Crippen molar-refractivity contribution in [2.45, 2.75) is 19.3 Å². The van der Waals surface area contributed by atoms with Crippen molar-refractivity contribution in [3.63, 3.8) is 0 Å². The van der Waals surface area contributed by atoms with Crippen molar-refractivity contribution in [2.24, 2.45) is 0 Å². The fourth-order valence-electron chi connectivity index (χ4n) is 2.45. The quantitative estimate of drug-likeness (QED) is 0.920. The highest BCUT2D eigenvalue weighted by molar-refractivity contribution is 5.87. The third kappa shape index (κ3) is 2.67. The average molecular weight is 267 g/mol. The van der Waals surface area contributed by atoms with Crippen LogP contribution in [0.3, 0.4) is 0 Å². The zero-order valence-corrected chi connectivity index (χ0v) is 11.3. The summed E-state index contributed by atoms with van der Waals surface area (Å²) in [5, 5.41) is 1.53. The van der Waals surface area contributed by atoms with Crippen LogP contribution in [0.2, 0.25) is 0 Å². The molecule has 1 aromatic carbocycles. The molecule has 3 nitrogen and oxygen atoms in total. The molecule has 3 rings (SSSR count). The molecule has 2 aromatic rings. The molecule has 0 aliphatic heterocycles. The van der Waals surface area contributed by atoms with Gasteiger partial charge in [0.15, 0.2) is 0 Å². The van der Waals surface area contributed by atoms with Crippen molar-refractivity contribution in [2.75, 3.05) is 6.61 Å². The van der Waals surface area contributed by atoms with E-state index in [0.29, 0.717) is 12.0 Å². The Labute approximate surface area is 117 Å². The van der Waals surface area contributed by atoms with Crippen LogP contribution in [0.15, 0.2) is 59.1 Å². The van der Waals surface area contributed by atoms with Gasteiger partial charge in [0, 0.05) is 18.0 Å². The number of fused-ring (bicyclic) bond motifs is 1. The fourth-order valence-corrected chi connectivity index (χ4v) is 2.45. The molecule has 0 saturated heterocycles. The molecule has 0 unspecified atom stereocenters. The molecule has 0 spiro atoms. The Morgan fingerprint density at radius 1 is 1.15 bits per heavy atom. The number of rotatable bonds is 4. The van der Waals surface area contributed by atoms with Crippen LogP contribution in [-0.4, -0.2) is 11.6 Å². The van der Waals surface area contributed by atoms with Gasteiger partial charge in [0.1, 0.15) is 5.75 Å². The zero-order chi connectivity index (χ0) is 13.8. The highest BCUT2D eigenvalue weighted by atomic mass is 16.5. The first kappa shape index (κ1) is 12.7. The molecule has 0 amide bonds. The first-order valence-corrected chi connectivity index (χ1v) is 6.93. The lowest BCUT2D eigenvalue weighted by molar-refractivity contribution is 0.326. The number of pyridine rings is 1. The summed E-state index contributed by atoms with van der Waals surface area (Å²) in [6.07, 6.45) is 11.4. The molecule has 0 atom stereocenters. The lowest BCUT2D eigenvalue weighted by Crippen LogP contribution is -2.06. The van der Waals surface area contributed by atoms with Crippen molar-refractivity contribution < 1.29 is 4.74 Å². The second-order valence-corrected chi connectivity index (χ2v) is 4.88. The van der Waals surface area contributed by atoms with Gasteiger partial charge in [0.25, 0.3) is 5.56 Å². The van der Waals surface area contributed by atoms with Crippen molar-refractivity contribution in [3.8, 4) is 5.75 Å². The summed E-state index contributed by atoms with van der Waals surface area (Å²) in [6, 6.07) is 7.46. The number of benzene rings is 1. The highest BCUT2D eigenvalue weighted by Crippen LogP contribution is 2.23. The van der Waals surface area contributed by atoms with Gasteiger partial charge in [-0.25, -0.2) is 0 Å². The number of hydrogen-bond donors (Lipinski definition) is 1. The standard InChI is InChI=1S/C17H17NO2/c19-17-15-7-4-8-16(14(15)9-11-18-17)20-12-10-13-5-2-1-3-6-13/h2,4-9,11H,1,3,10,12H2,(H,18,19). The summed E-state index contributed by atoms with van der Waals surface area (Å²) >= 11 is 0. The SMILES string of the molecule is O=c1[nH]ccc2c(OCCC3=CCCC=C3)cccc12. The third-order valence-electron chi connectivity index (χ3n) is 3.50. The van der Waals surface area contributed by atoms with E-state index in [0.717, 1.165) is 30.4 Å². The molecule has 0 saturated carbocycles. The molecule has 1 aliphatic rings. The van der Waals surface area contributed by atoms with Crippen LogP contribution in [0.25, 0.3) is 10.8 Å². The second kappa shape index (κ2) is 5.78.